The maximum atomic E-state index is 12.7. The number of nitrogens with zero attached hydrogens (tertiary/aromatic N) is 1. The van der Waals surface area contributed by atoms with E-state index in [0.29, 0.717) is 22.8 Å². The quantitative estimate of drug-likeness (QED) is 0.301. The Bertz CT molecular complexity index is 917. The van der Waals surface area contributed by atoms with Crippen LogP contribution >= 0.6 is 0 Å². The van der Waals surface area contributed by atoms with Crippen LogP contribution in [0.15, 0.2) is 35.4 Å². The number of hydrazone groups is 1. The summed E-state index contributed by atoms with van der Waals surface area (Å²) in [7, 11) is 7.02. The summed E-state index contributed by atoms with van der Waals surface area (Å²) in [6.45, 7) is 0. The molecule has 0 saturated heterocycles. The van der Waals surface area contributed by atoms with Gasteiger partial charge in [0, 0.05) is 0 Å². The normalized spacial score (nSPS) is 10.3. The van der Waals surface area contributed by atoms with Gasteiger partial charge in [-0.05, 0) is 35.9 Å². The molecule has 1 N–H and O–H groups in total. The highest BCUT2D eigenvalue weighted by Gasteiger charge is 2.19. The van der Waals surface area contributed by atoms with E-state index in [1.54, 1.807) is 12.1 Å². The van der Waals surface area contributed by atoms with Gasteiger partial charge in [-0.3, -0.25) is 0 Å². The van der Waals surface area contributed by atoms with Crippen LogP contribution in [0.1, 0.15) is 15.9 Å². The number of hydrogen-bond acceptors (Lipinski definition) is 9. The van der Waals surface area contributed by atoms with Crippen molar-refractivity contribution >= 4 is 18.3 Å². The molecule has 160 valence electrons. The molecule has 30 heavy (non-hydrogen) atoms. The molecule has 10 heteroatoms. The number of esters is 1. The Kier molecular flexibility index (Phi) is 7.86. The summed E-state index contributed by atoms with van der Waals surface area (Å²) in [6, 6.07) is 7.71. The fourth-order valence-corrected chi connectivity index (χ4v) is 2.41. The van der Waals surface area contributed by atoms with E-state index in [-0.39, 0.29) is 17.1 Å². The molecule has 0 spiro atoms. The zero-order valence-electron chi connectivity index (χ0n) is 17.2. The Morgan fingerprint density at radius 2 is 1.47 bits per heavy atom. The lowest BCUT2D eigenvalue weighted by Gasteiger charge is -2.14. The monoisotopic (exact) mass is 418 g/mol. The highest BCUT2D eigenvalue weighted by atomic mass is 16.6. The van der Waals surface area contributed by atoms with Crippen LogP contribution in [0.25, 0.3) is 0 Å². The van der Waals surface area contributed by atoms with Gasteiger partial charge in [0.2, 0.25) is 5.75 Å². The smallest absolute Gasteiger partial charge is 0.427 e. The number of hydrogen-bond donors (Lipinski definition) is 1. The molecule has 0 aliphatic rings. The Hall–Kier alpha value is -3.95. The Morgan fingerprint density at radius 1 is 0.833 bits per heavy atom. The highest BCUT2D eigenvalue weighted by molar-refractivity contribution is 5.93. The molecule has 2 aromatic rings. The first-order valence-corrected chi connectivity index (χ1v) is 8.54. The van der Waals surface area contributed by atoms with Crippen LogP contribution in [0.4, 0.5) is 4.79 Å². The molecule has 2 aromatic carbocycles. The first-order valence-electron chi connectivity index (χ1n) is 8.54. The number of ether oxygens (including phenoxy) is 6. The number of carbonyl (C=O) groups is 2. The van der Waals surface area contributed by atoms with Crippen molar-refractivity contribution in [1.29, 1.82) is 0 Å². The van der Waals surface area contributed by atoms with Crippen molar-refractivity contribution in [1.82, 2.24) is 5.43 Å². The van der Waals surface area contributed by atoms with E-state index in [2.05, 4.69) is 15.3 Å². The van der Waals surface area contributed by atoms with E-state index in [4.69, 9.17) is 23.7 Å². The number of benzene rings is 2. The van der Waals surface area contributed by atoms with Crippen molar-refractivity contribution in [2.45, 2.75) is 0 Å². The first-order chi connectivity index (χ1) is 14.5. The van der Waals surface area contributed by atoms with Gasteiger partial charge < -0.3 is 28.4 Å². The predicted molar refractivity (Wildman–Crippen MR) is 107 cm³/mol. The maximum absolute atomic E-state index is 12.7. The van der Waals surface area contributed by atoms with Crippen molar-refractivity contribution in [2.24, 2.45) is 5.10 Å². The molecule has 0 heterocycles. The number of rotatable bonds is 8. The third-order valence-electron chi connectivity index (χ3n) is 3.85. The zero-order valence-corrected chi connectivity index (χ0v) is 17.2. The van der Waals surface area contributed by atoms with Gasteiger partial charge in [-0.25, -0.2) is 15.0 Å². The summed E-state index contributed by atoms with van der Waals surface area (Å²) in [5, 5.41) is 3.73. The van der Waals surface area contributed by atoms with E-state index in [1.807, 2.05) is 0 Å². The minimum atomic E-state index is -0.700. The number of amides is 1. The third kappa shape index (κ3) is 5.31. The molecule has 0 atom stereocenters. The van der Waals surface area contributed by atoms with Gasteiger partial charge in [-0.2, -0.15) is 5.10 Å². The Labute approximate surface area is 173 Å². The van der Waals surface area contributed by atoms with E-state index in [9.17, 15) is 9.59 Å². The summed E-state index contributed by atoms with van der Waals surface area (Å²) in [5.74, 6) is 0.827. The molecule has 0 aliphatic heterocycles. The molecular formula is C20H22N2O8. The van der Waals surface area contributed by atoms with E-state index in [0.717, 1.165) is 0 Å². The molecule has 0 aliphatic carbocycles. The summed E-state index contributed by atoms with van der Waals surface area (Å²) >= 11 is 0. The van der Waals surface area contributed by atoms with Crippen LogP contribution in [0, 0.1) is 0 Å². The van der Waals surface area contributed by atoms with Gasteiger partial charge >= 0.3 is 12.1 Å². The molecule has 1 amide bonds. The van der Waals surface area contributed by atoms with Gasteiger partial charge in [0.1, 0.15) is 0 Å². The second-order valence-corrected chi connectivity index (χ2v) is 5.58. The fourth-order valence-electron chi connectivity index (χ4n) is 2.41. The van der Waals surface area contributed by atoms with Crippen molar-refractivity contribution in [3.63, 3.8) is 0 Å². The topological polar surface area (TPSA) is 114 Å². The molecule has 0 aromatic heterocycles. The van der Waals surface area contributed by atoms with Crippen LogP contribution in [0.2, 0.25) is 0 Å². The van der Waals surface area contributed by atoms with Crippen LogP contribution in [0.5, 0.6) is 28.7 Å². The predicted octanol–water partition coefficient (Wildman–Crippen LogP) is 2.63. The Morgan fingerprint density at radius 3 is 2.00 bits per heavy atom. The van der Waals surface area contributed by atoms with Gasteiger partial charge in [0.05, 0.1) is 47.3 Å². The van der Waals surface area contributed by atoms with Gasteiger partial charge in [-0.15, -0.1) is 0 Å². The van der Waals surface area contributed by atoms with Crippen molar-refractivity contribution < 1.29 is 38.0 Å². The molecule has 10 nitrogen and oxygen atoms in total. The zero-order chi connectivity index (χ0) is 22.1. The summed E-state index contributed by atoms with van der Waals surface area (Å²) < 4.78 is 30.9. The maximum Gasteiger partial charge on any atom is 0.427 e. The van der Waals surface area contributed by atoms with Gasteiger partial charge in [-0.1, -0.05) is 0 Å². The number of nitrogens with one attached hydrogen (secondary N) is 1. The molecule has 0 saturated carbocycles. The third-order valence-corrected chi connectivity index (χ3v) is 3.85. The second-order valence-electron chi connectivity index (χ2n) is 5.58. The van der Waals surface area contributed by atoms with E-state index in [1.165, 1.54) is 60.0 Å². The molecule has 0 radical (unpaired) electrons. The number of methoxy groups -OCH3 is 5. The standard InChI is InChI=1S/C20H22N2O8/c1-25-15-8-12(11-21-22-20(24)29-5)6-7-14(15)30-19(23)13-9-16(26-2)18(28-4)17(10-13)27-3/h6-11H,1-5H3,(H,22,24)/b21-11-. The molecular weight excluding hydrogens is 396 g/mol. The SMILES string of the molecule is COC(=O)N/N=C\c1ccc(OC(=O)c2cc(OC)c(OC)c(OC)c2)c(OC)c1. The largest absolute Gasteiger partial charge is 0.493 e. The van der Waals surface area contributed by atoms with Gasteiger partial charge in [0.25, 0.3) is 0 Å². The average molecular weight is 418 g/mol. The van der Waals surface area contributed by atoms with Gasteiger partial charge in [0.15, 0.2) is 23.0 Å². The van der Waals surface area contributed by atoms with Crippen LogP contribution in [0.3, 0.4) is 0 Å². The minimum Gasteiger partial charge on any atom is -0.493 e. The fraction of sp³-hybridized carbons (Fsp3) is 0.250. The van der Waals surface area contributed by atoms with E-state index >= 15 is 0 Å². The summed E-state index contributed by atoms with van der Waals surface area (Å²) in [4.78, 5) is 23.7. The summed E-state index contributed by atoms with van der Waals surface area (Å²) in [6.07, 6.45) is 0.679. The summed E-state index contributed by atoms with van der Waals surface area (Å²) in [5.41, 5.74) is 2.95. The van der Waals surface area contributed by atoms with Crippen molar-refractivity contribution in [3.8, 4) is 28.7 Å². The molecule has 0 unspecified atom stereocenters. The molecule has 0 bridgehead atoms. The lowest BCUT2D eigenvalue weighted by molar-refractivity contribution is 0.0728. The van der Waals surface area contributed by atoms with Crippen LogP contribution in [-0.4, -0.2) is 53.8 Å². The van der Waals surface area contributed by atoms with Crippen molar-refractivity contribution in [2.75, 3.05) is 35.5 Å². The van der Waals surface area contributed by atoms with E-state index < -0.39 is 12.1 Å². The highest BCUT2D eigenvalue weighted by Crippen LogP contribution is 2.38. The first kappa shape index (κ1) is 22.3. The van der Waals surface area contributed by atoms with Crippen LogP contribution < -0.4 is 29.1 Å². The Balaban J connectivity index is 2.25. The molecule has 0 fully saturated rings. The minimum absolute atomic E-state index is 0.189. The van der Waals surface area contributed by atoms with Crippen LogP contribution in [-0.2, 0) is 4.74 Å². The number of carbonyl (C=O) groups excluding carboxylic acids is 2. The average Bonchev–Trinajstić information content (AvgIpc) is 2.78. The molecule has 2 rings (SSSR count). The lowest BCUT2D eigenvalue weighted by Crippen LogP contribution is -2.16. The second kappa shape index (κ2) is 10.6. The lowest BCUT2D eigenvalue weighted by atomic mass is 10.1. The van der Waals surface area contributed by atoms with Crippen molar-refractivity contribution in [3.05, 3.63) is 41.5 Å².